The molecular weight excluding hydrogens is 837 g/mol. The number of para-hydroxylation sites is 2. The Kier molecular flexibility index (Phi) is 7.57. The number of hydrogen-bond donors (Lipinski definition) is 0. The van der Waals surface area contributed by atoms with Gasteiger partial charge in [-0.15, -0.1) is 22.7 Å². The Balaban J connectivity index is 1.06. The number of benzene rings is 11. The highest BCUT2D eigenvalue weighted by Crippen LogP contribution is 2.47. The van der Waals surface area contributed by atoms with Crippen LogP contribution in [0.4, 0.5) is 0 Å². The summed E-state index contributed by atoms with van der Waals surface area (Å²) in [6.45, 7) is 0. The van der Waals surface area contributed by atoms with Crippen molar-refractivity contribution in [2.24, 2.45) is 0 Å². The smallest absolute Gasteiger partial charge is 0.0555 e. The molecule has 0 unspecified atom stereocenters. The summed E-state index contributed by atoms with van der Waals surface area (Å²) in [4.78, 5) is 0. The Labute approximate surface area is 387 Å². The molecule has 306 valence electrons. The molecule has 15 rings (SSSR count). The zero-order valence-corrected chi connectivity index (χ0v) is 37.1. The van der Waals surface area contributed by atoms with Crippen LogP contribution >= 0.6 is 22.7 Å². The largest absolute Gasteiger partial charge is 0.309 e. The molecule has 0 amide bonds. The predicted octanol–water partition coefficient (Wildman–Crippen LogP) is 18.3. The molecule has 2 nitrogen and oxygen atoms in total. The van der Waals surface area contributed by atoms with Gasteiger partial charge in [-0.25, -0.2) is 0 Å². The molecule has 0 atom stereocenters. The van der Waals surface area contributed by atoms with Gasteiger partial charge in [-0.3, -0.25) is 0 Å². The zero-order chi connectivity index (χ0) is 43.0. The van der Waals surface area contributed by atoms with Crippen molar-refractivity contribution in [3.05, 3.63) is 218 Å². The van der Waals surface area contributed by atoms with E-state index in [-0.39, 0.29) is 0 Å². The summed E-state index contributed by atoms with van der Waals surface area (Å²) in [6, 6.07) is 81.5. The summed E-state index contributed by atoms with van der Waals surface area (Å²) in [7, 11) is 0. The maximum Gasteiger partial charge on any atom is 0.0555 e. The minimum absolute atomic E-state index is 1.13. The molecule has 66 heavy (non-hydrogen) atoms. The van der Waals surface area contributed by atoms with Crippen molar-refractivity contribution in [3.63, 3.8) is 0 Å². The van der Waals surface area contributed by atoms with Gasteiger partial charge in [0.15, 0.2) is 0 Å². The second kappa shape index (κ2) is 13.7. The third kappa shape index (κ3) is 5.05. The highest BCUT2D eigenvalue weighted by atomic mass is 32.1. The summed E-state index contributed by atoms with van der Waals surface area (Å²) >= 11 is 3.81. The molecule has 0 spiro atoms. The van der Waals surface area contributed by atoms with Crippen LogP contribution in [0.1, 0.15) is 0 Å². The third-order valence-corrected chi connectivity index (χ3v) is 16.5. The number of nitrogens with zero attached hydrogens (tertiary/aromatic N) is 2. The molecule has 0 aliphatic heterocycles. The van der Waals surface area contributed by atoms with Gasteiger partial charge < -0.3 is 9.13 Å². The van der Waals surface area contributed by atoms with Gasteiger partial charge in [0.25, 0.3) is 0 Å². The minimum atomic E-state index is 1.13. The Morgan fingerprint density at radius 3 is 1.30 bits per heavy atom. The van der Waals surface area contributed by atoms with Gasteiger partial charge in [-0.05, 0) is 98.4 Å². The van der Waals surface area contributed by atoms with Gasteiger partial charge in [0.1, 0.15) is 0 Å². The predicted molar refractivity (Wildman–Crippen MR) is 287 cm³/mol. The first-order valence-corrected chi connectivity index (χ1v) is 24.2. The van der Waals surface area contributed by atoms with Crippen LogP contribution in [-0.4, -0.2) is 9.13 Å². The molecule has 0 bridgehead atoms. The molecule has 15 aromatic rings. The average molecular weight is 873 g/mol. The van der Waals surface area contributed by atoms with E-state index in [1.54, 1.807) is 0 Å². The van der Waals surface area contributed by atoms with E-state index < -0.39 is 0 Å². The number of rotatable bonds is 4. The van der Waals surface area contributed by atoms with Crippen LogP contribution in [0.25, 0.3) is 139 Å². The lowest BCUT2D eigenvalue weighted by Crippen LogP contribution is -2.00. The van der Waals surface area contributed by atoms with Crippen LogP contribution in [0.2, 0.25) is 0 Å². The van der Waals surface area contributed by atoms with Crippen LogP contribution in [0, 0.1) is 0 Å². The highest BCUT2D eigenvalue weighted by molar-refractivity contribution is 7.27. The molecule has 0 radical (unpaired) electrons. The molecule has 0 saturated heterocycles. The van der Waals surface area contributed by atoms with E-state index in [2.05, 4.69) is 228 Å². The molecule has 0 N–H and O–H groups in total. The fourth-order valence-corrected chi connectivity index (χ4v) is 13.8. The Bertz CT molecular complexity index is 4330. The first-order valence-electron chi connectivity index (χ1n) is 22.6. The second-order valence-corrected chi connectivity index (χ2v) is 19.6. The summed E-state index contributed by atoms with van der Waals surface area (Å²) in [5.41, 5.74) is 12.0. The Morgan fingerprint density at radius 1 is 0.273 bits per heavy atom. The molecule has 4 heterocycles. The highest BCUT2D eigenvalue weighted by Gasteiger charge is 2.22. The van der Waals surface area contributed by atoms with Crippen molar-refractivity contribution in [2.45, 2.75) is 0 Å². The van der Waals surface area contributed by atoms with E-state index >= 15 is 0 Å². The van der Waals surface area contributed by atoms with E-state index in [4.69, 9.17) is 0 Å². The van der Waals surface area contributed by atoms with Crippen LogP contribution in [-0.2, 0) is 0 Å². The Hall–Kier alpha value is -8.02. The molecule has 4 heteroatoms. The normalized spacial score (nSPS) is 12.2. The summed E-state index contributed by atoms with van der Waals surface area (Å²) in [5.74, 6) is 0. The lowest BCUT2D eigenvalue weighted by molar-refractivity contribution is 1.14. The van der Waals surface area contributed by atoms with Gasteiger partial charge in [-0.1, -0.05) is 164 Å². The zero-order valence-electron chi connectivity index (χ0n) is 35.5. The van der Waals surface area contributed by atoms with Crippen LogP contribution < -0.4 is 0 Å². The average Bonchev–Trinajstić information content (AvgIpc) is 4.13. The standard InChI is InChI=1S/C62H36N2S2/c1-2-16-41-37(14-1)15-13-23-44(41)46-29-28-42(43-17-3-4-18-45(43)46)38-34-39(63-53-24-9-5-21-51(53)59-55(63)32-30-49-47-19-7-11-26-57(47)65-61(49)59)36-40(35-38)64-54-25-10-6-22-52(54)60-56(64)33-31-50-48-20-8-12-27-58(48)66-62(50)60/h1-36H. The van der Waals surface area contributed by atoms with Crippen molar-refractivity contribution in [1.82, 2.24) is 9.13 Å². The SMILES string of the molecule is c1ccc2c(-c3ccc(-c4cc(-n5c6ccccc6c6c7sc8ccccc8c7ccc65)cc(-n5c6ccccc6c6c7sc8ccccc8c7ccc65)c4)c4ccccc34)cccc2c1. The van der Waals surface area contributed by atoms with Gasteiger partial charge in [0.2, 0.25) is 0 Å². The molecule has 0 aliphatic rings. The van der Waals surface area contributed by atoms with E-state index in [1.807, 2.05) is 22.7 Å². The molecular formula is C62H36N2S2. The summed E-state index contributed by atoms with van der Waals surface area (Å²) < 4.78 is 10.4. The molecule has 0 aliphatic carbocycles. The third-order valence-electron chi connectivity index (χ3n) is 14.1. The van der Waals surface area contributed by atoms with Gasteiger partial charge in [0, 0.05) is 73.3 Å². The fourth-order valence-electron chi connectivity index (χ4n) is 11.3. The second-order valence-electron chi connectivity index (χ2n) is 17.5. The van der Waals surface area contributed by atoms with Crippen molar-refractivity contribution in [2.75, 3.05) is 0 Å². The number of fused-ring (bicyclic) bond motifs is 16. The van der Waals surface area contributed by atoms with Crippen LogP contribution in [0.5, 0.6) is 0 Å². The Morgan fingerprint density at radius 2 is 0.712 bits per heavy atom. The number of hydrogen-bond acceptors (Lipinski definition) is 2. The summed E-state index contributed by atoms with van der Waals surface area (Å²) in [5, 5.41) is 15.4. The maximum atomic E-state index is 2.52. The van der Waals surface area contributed by atoms with Gasteiger partial charge >= 0.3 is 0 Å². The lowest BCUT2D eigenvalue weighted by Gasteiger charge is -2.18. The summed E-state index contributed by atoms with van der Waals surface area (Å²) in [6.07, 6.45) is 0. The van der Waals surface area contributed by atoms with Gasteiger partial charge in [0.05, 0.1) is 22.1 Å². The van der Waals surface area contributed by atoms with Crippen molar-refractivity contribution >= 4 is 128 Å². The van der Waals surface area contributed by atoms with E-state index in [0.717, 1.165) is 11.4 Å². The topological polar surface area (TPSA) is 9.86 Å². The van der Waals surface area contributed by atoms with Crippen molar-refractivity contribution in [3.8, 4) is 33.6 Å². The minimum Gasteiger partial charge on any atom is -0.309 e. The molecule has 4 aromatic heterocycles. The number of thiophene rings is 2. The quantitative estimate of drug-likeness (QED) is 0.167. The van der Waals surface area contributed by atoms with Crippen molar-refractivity contribution < 1.29 is 0 Å². The van der Waals surface area contributed by atoms with Crippen LogP contribution in [0.3, 0.4) is 0 Å². The number of aromatic nitrogens is 2. The van der Waals surface area contributed by atoms with Crippen molar-refractivity contribution in [1.29, 1.82) is 0 Å². The van der Waals surface area contributed by atoms with E-state index in [1.165, 1.54) is 128 Å². The first kappa shape index (κ1) is 36.3. The lowest BCUT2D eigenvalue weighted by atomic mass is 9.90. The molecule has 11 aromatic carbocycles. The van der Waals surface area contributed by atoms with Gasteiger partial charge in [-0.2, -0.15) is 0 Å². The van der Waals surface area contributed by atoms with E-state index in [9.17, 15) is 0 Å². The molecule has 0 saturated carbocycles. The maximum absolute atomic E-state index is 2.52. The van der Waals surface area contributed by atoms with E-state index in [0.29, 0.717) is 0 Å². The monoisotopic (exact) mass is 872 g/mol. The fraction of sp³-hybridized carbons (Fsp3) is 0. The molecule has 0 fully saturated rings. The first-order chi connectivity index (χ1) is 32.7. The van der Waals surface area contributed by atoms with Crippen LogP contribution in [0.15, 0.2) is 218 Å².